The van der Waals surface area contributed by atoms with Crippen LogP contribution >= 0.6 is 0 Å². The van der Waals surface area contributed by atoms with Crippen LogP contribution in [0.15, 0.2) is 70.1 Å². The van der Waals surface area contributed by atoms with Crippen LogP contribution in [0, 0.1) is 0 Å². The highest BCUT2D eigenvalue weighted by Gasteiger charge is 2.40. The van der Waals surface area contributed by atoms with Gasteiger partial charge in [-0.05, 0) is 53.9 Å². The van der Waals surface area contributed by atoms with Crippen LogP contribution < -0.4 is 9.47 Å². The van der Waals surface area contributed by atoms with Gasteiger partial charge in [-0.1, -0.05) is 35.5 Å². The third-order valence-electron chi connectivity index (χ3n) is 6.67. The van der Waals surface area contributed by atoms with Crippen molar-refractivity contribution in [2.75, 3.05) is 27.8 Å². The molecule has 1 atom stereocenters. The first-order valence-electron chi connectivity index (χ1n) is 12.1. The Balaban J connectivity index is 1.31. The first-order chi connectivity index (χ1) is 18.3. The summed E-state index contributed by atoms with van der Waals surface area (Å²) < 4.78 is 44.3. The molecule has 11 heteroatoms. The summed E-state index contributed by atoms with van der Waals surface area (Å²) in [6.45, 7) is 0.322. The van der Waals surface area contributed by atoms with Crippen LogP contribution in [0.1, 0.15) is 18.7 Å². The number of hydrogen-bond donors (Lipinski definition) is 0. The molecule has 1 aliphatic rings. The highest BCUT2D eigenvalue weighted by atomic mass is 32.2. The van der Waals surface area contributed by atoms with Crippen molar-refractivity contribution in [2.24, 2.45) is 0 Å². The molecule has 10 nitrogen and oxygen atoms in total. The second-order valence-corrected chi connectivity index (χ2v) is 10.9. The Hall–Kier alpha value is -3.96. The molecule has 0 N–H and O–H groups in total. The van der Waals surface area contributed by atoms with E-state index in [0.29, 0.717) is 35.7 Å². The van der Waals surface area contributed by atoms with Gasteiger partial charge in [0.25, 0.3) is 0 Å². The fourth-order valence-corrected chi connectivity index (χ4v) is 6.37. The van der Waals surface area contributed by atoms with Crippen molar-refractivity contribution in [3.63, 3.8) is 0 Å². The zero-order valence-corrected chi connectivity index (χ0v) is 22.1. The minimum absolute atomic E-state index is 0.0412. The lowest BCUT2D eigenvalue weighted by atomic mass is 10.1. The molecule has 38 heavy (non-hydrogen) atoms. The smallest absolute Gasteiger partial charge is 0.246 e. The quantitative estimate of drug-likeness (QED) is 0.335. The molecule has 3 aromatic carbocycles. The van der Waals surface area contributed by atoms with Gasteiger partial charge in [0.05, 0.1) is 25.7 Å². The van der Waals surface area contributed by atoms with Crippen LogP contribution in [0.2, 0.25) is 0 Å². The molecule has 4 aromatic rings. The normalized spacial score (nSPS) is 16.0. The summed E-state index contributed by atoms with van der Waals surface area (Å²) in [7, 11) is 0.825. The van der Waals surface area contributed by atoms with Crippen LogP contribution in [0.25, 0.3) is 22.2 Å². The Morgan fingerprint density at radius 3 is 2.58 bits per heavy atom. The van der Waals surface area contributed by atoms with Gasteiger partial charge in [0.2, 0.25) is 27.6 Å². The number of amides is 1. The summed E-state index contributed by atoms with van der Waals surface area (Å²) in [5.74, 6) is 1.34. The molecule has 0 unspecified atom stereocenters. The Morgan fingerprint density at radius 1 is 1.05 bits per heavy atom. The van der Waals surface area contributed by atoms with Crippen LogP contribution in [0.5, 0.6) is 11.5 Å². The van der Waals surface area contributed by atoms with E-state index in [2.05, 4.69) is 10.1 Å². The molecule has 0 saturated carbocycles. The molecule has 0 aliphatic carbocycles. The zero-order valence-electron chi connectivity index (χ0n) is 21.3. The molecule has 1 fully saturated rings. The number of aromatic nitrogens is 2. The number of ether oxygens (including phenoxy) is 2. The monoisotopic (exact) mass is 536 g/mol. The Kier molecular flexibility index (Phi) is 7.04. The Morgan fingerprint density at radius 2 is 1.82 bits per heavy atom. The van der Waals surface area contributed by atoms with E-state index >= 15 is 0 Å². The molecule has 2 heterocycles. The summed E-state index contributed by atoms with van der Waals surface area (Å²) in [4.78, 5) is 19.4. The molecule has 1 aliphatic heterocycles. The van der Waals surface area contributed by atoms with E-state index in [-0.39, 0.29) is 29.8 Å². The standard InChI is InChI=1S/C27H28N4O6S/c1-30(17-25-28-26(29-37-25)20-11-13-23(35-2)24(16-20)36-3)27(32)22-9-6-14-31(22)38(33,34)21-12-10-18-7-4-5-8-19(18)15-21/h4-5,7-8,10-13,15-16,22H,6,9,14,17H2,1-3H3/t22-/m1/s1. The topological polar surface area (TPSA) is 115 Å². The second kappa shape index (κ2) is 10.4. The molecular weight excluding hydrogens is 508 g/mol. The lowest BCUT2D eigenvalue weighted by Gasteiger charge is -2.27. The second-order valence-electron chi connectivity index (χ2n) is 9.06. The average molecular weight is 537 g/mol. The zero-order chi connectivity index (χ0) is 26.9. The molecule has 1 aromatic heterocycles. The maximum atomic E-state index is 13.5. The summed E-state index contributed by atoms with van der Waals surface area (Å²) in [5.41, 5.74) is 0.662. The van der Waals surface area contributed by atoms with Crippen LogP contribution in [0.4, 0.5) is 0 Å². The van der Waals surface area contributed by atoms with Gasteiger partial charge >= 0.3 is 0 Å². The van der Waals surface area contributed by atoms with Gasteiger partial charge in [-0.3, -0.25) is 4.79 Å². The fourth-order valence-electron chi connectivity index (χ4n) is 4.68. The number of rotatable bonds is 8. The third kappa shape index (κ3) is 4.82. The molecule has 5 rings (SSSR count). The summed E-state index contributed by atoms with van der Waals surface area (Å²) in [5, 5.41) is 5.80. The van der Waals surface area contributed by atoms with Gasteiger partial charge in [-0.2, -0.15) is 9.29 Å². The van der Waals surface area contributed by atoms with Crippen molar-refractivity contribution in [2.45, 2.75) is 30.3 Å². The predicted molar refractivity (Wildman–Crippen MR) is 140 cm³/mol. The van der Waals surface area contributed by atoms with Gasteiger partial charge < -0.3 is 18.9 Å². The van der Waals surface area contributed by atoms with Gasteiger partial charge in [0.15, 0.2) is 11.5 Å². The van der Waals surface area contributed by atoms with Crippen molar-refractivity contribution < 1.29 is 27.2 Å². The number of methoxy groups -OCH3 is 2. The van der Waals surface area contributed by atoms with Crippen molar-refractivity contribution in [3.05, 3.63) is 66.6 Å². The van der Waals surface area contributed by atoms with E-state index in [9.17, 15) is 13.2 Å². The highest BCUT2D eigenvalue weighted by Crippen LogP contribution is 2.32. The predicted octanol–water partition coefficient (Wildman–Crippen LogP) is 3.72. The number of carbonyl (C=O) groups is 1. The number of nitrogens with zero attached hydrogens (tertiary/aromatic N) is 4. The van der Waals surface area contributed by atoms with Gasteiger partial charge in [-0.25, -0.2) is 8.42 Å². The molecule has 0 bridgehead atoms. The minimum atomic E-state index is -3.86. The van der Waals surface area contributed by atoms with E-state index in [1.165, 1.54) is 16.3 Å². The largest absolute Gasteiger partial charge is 0.493 e. The maximum absolute atomic E-state index is 13.5. The van der Waals surface area contributed by atoms with Gasteiger partial charge in [0, 0.05) is 19.2 Å². The SMILES string of the molecule is COc1ccc(-c2noc(CN(C)C(=O)[C@H]3CCCN3S(=O)(=O)c3ccc4ccccc4c3)n2)cc1OC. The number of hydrogen-bond acceptors (Lipinski definition) is 8. The number of likely N-dealkylation sites (N-methyl/N-ethyl adjacent to an activating group) is 1. The summed E-state index contributed by atoms with van der Waals surface area (Å²) >= 11 is 0. The van der Waals surface area contributed by atoms with E-state index < -0.39 is 16.1 Å². The molecular formula is C27H28N4O6S. The van der Waals surface area contributed by atoms with E-state index in [4.69, 9.17) is 14.0 Å². The number of benzene rings is 3. The fraction of sp³-hybridized carbons (Fsp3) is 0.296. The summed E-state index contributed by atoms with van der Waals surface area (Å²) in [6, 6.07) is 17.0. The van der Waals surface area contributed by atoms with Gasteiger partial charge in [0.1, 0.15) is 6.04 Å². The van der Waals surface area contributed by atoms with E-state index in [1.54, 1.807) is 50.6 Å². The first-order valence-corrected chi connectivity index (χ1v) is 13.6. The molecule has 1 saturated heterocycles. The van der Waals surface area contributed by atoms with Gasteiger partial charge in [-0.15, -0.1) is 0 Å². The maximum Gasteiger partial charge on any atom is 0.246 e. The van der Waals surface area contributed by atoms with Crippen molar-refractivity contribution in [1.82, 2.24) is 19.3 Å². The van der Waals surface area contributed by atoms with Crippen LogP contribution in [-0.4, -0.2) is 67.5 Å². The van der Waals surface area contributed by atoms with Crippen molar-refractivity contribution >= 4 is 26.7 Å². The molecule has 198 valence electrons. The first kappa shape index (κ1) is 25.7. The number of carbonyl (C=O) groups excluding carboxylic acids is 1. The Labute approximate surface area is 220 Å². The number of fused-ring (bicyclic) bond motifs is 1. The lowest BCUT2D eigenvalue weighted by molar-refractivity contribution is -0.134. The lowest BCUT2D eigenvalue weighted by Crippen LogP contribution is -2.46. The van der Waals surface area contributed by atoms with E-state index in [1.807, 2.05) is 24.3 Å². The average Bonchev–Trinajstić information content (AvgIpc) is 3.62. The van der Waals surface area contributed by atoms with Crippen molar-refractivity contribution in [1.29, 1.82) is 0 Å². The molecule has 1 amide bonds. The molecule has 0 radical (unpaired) electrons. The van der Waals surface area contributed by atoms with E-state index in [0.717, 1.165) is 10.8 Å². The summed E-state index contributed by atoms with van der Waals surface area (Å²) in [6.07, 6.45) is 1.04. The third-order valence-corrected chi connectivity index (χ3v) is 8.58. The van der Waals surface area contributed by atoms with Crippen molar-refractivity contribution in [3.8, 4) is 22.9 Å². The van der Waals surface area contributed by atoms with Crippen LogP contribution in [0.3, 0.4) is 0 Å². The molecule has 0 spiro atoms. The Bertz CT molecular complexity index is 1590. The number of sulfonamides is 1. The highest BCUT2D eigenvalue weighted by molar-refractivity contribution is 7.89. The minimum Gasteiger partial charge on any atom is -0.493 e. The van der Waals surface area contributed by atoms with Crippen LogP contribution in [-0.2, 0) is 21.4 Å².